The van der Waals surface area contributed by atoms with Gasteiger partial charge in [0, 0.05) is 6.54 Å². The van der Waals surface area contributed by atoms with Crippen molar-refractivity contribution in [2.45, 2.75) is 31.3 Å². The molecule has 0 aliphatic rings. The molecule has 3 aromatic carbocycles. The Labute approximate surface area is 219 Å². The maximum absolute atomic E-state index is 13.5. The average Bonchev–Trinajstić information content (AvgIpc) is 2.90. The van der Waals surface area contributed by atoms with Crippen LogP contribution in [-0.2, 0) is 16.0 Å². The summed E-state index contributed by atoms with van der Waals surface area (Å²) in [7, 11) is 0. The van der Waals surface area contributed by atoms with Gasteiger partial charge in [0.2, 0.25) is 11.8 Å². The molecule has 38 heavy (non-hydrogen) atoms. The number of nitrogens with one attached hydrogen (secondary N) is 3. The van der Waals surface area contributed by atoms with E-state index in [4.69, 9.17) is 5.73 Å². The minimum Gasteiger partial charge on any atom is -0.508 e. The number of hydrogen-bond donors (Lipinski definition) is 5. The van der Waals surface area contributed by atoms with Gasteiger partial charge in [-0.25, -0.2) is 10.1 Å². The van der Waals surface area contributed by atoms with E-state index in [1.54, 1.807) is 12.1 Å². The predicted octanol–water partition coefficient (Wildman–Crippen LogP) is 2.20. The highest BCUT2D eigenvalue weighted by molar-refractivity contribution is 5.88. The first-order chi connectivity index (χ1) is 18.3. The molecule has 0 radical (unpaired) electrons. The number of amides is 2. The van der Waals surface area contributed by atoms with Gasteiger partial charge < -0.3 is 26.8 Å². The van der Waals surface area contributed by atoms with Gasteiger partial charge >= 0.3 is 0 Å². The Balaban J connectivity index is 1.74. The van der Waals surface area contributed by atoms with Gasteiger partial charge in [0.25, 0.3) is 5.96 Å². The monoisotopic (exact) mass is 518 g/mol. The fraction of sp³-hybridized carbons (Fsp3) is 0.222. The highest BCUT2D eigenvalue weighted by atomic mass is 16.7. The average molecular weight is 519 g/mol. The summed E-state index contributed by atoms with van der Waals surface area (Å²) in [5.74, 6) is -1.00. The first-order valence-electron chi connectivity index (χ1n) is 12.0. The molecule has 0 bridgehead atoms. The lowest BCUT2D eigenvalue weighted by Crippen LogP contribution is -2.48. The molecule has 3 rings (SSSR count). The van der Waals surface area contributed by atoms with Crippen LogP contribution in [0.25, 0.3) is 0 Å². The van der Waals surface area contributed by atoms with Crippen molar-refractivity contribution in [2.24, 2.45) is 10.8 Å². The molecule has 11 heteroatoms. The van der Waals surface area contributed by atoms with Gasteiger partial charge in [-0.15, -0.1) is 0 Å². The van der Waals surface area contributed by atoms with Crippen LogP contribution in [0.2, 0.25) is 0 Å². The minimum absolute atomic E-state index is 0.0194. The molecule has 6 N–H and O–H groups in total. The lowest BCUT2D eigenvalue weighted by Gasteiger charge is -2.24. The topological polar surface area (TPSA) is 172 Å². The predicted molar refractivity (Wildman–Crippen MR) is 142 cm³/mol. The normalized spacial score (nSPS) is 12.0. The number of phenols is 1. The van der Waals surface area contributed by atoms with Crippen LogP contribution in [0.4, 0.5) is 0 Å². The van der Waals surface area contributed by atoms with E-state index in [0.29, 0.717) is 12.0 Å². The van der Waals surface area contributed by atoms with Crippen LogP contribution in [0, 0.1) is 10.1 Å². The molecule has 198 valence electrons. The number of aromatic hydroxyl groups is 1. The molecule has 0 saturated carbocycles. The van der Waals surface area contributed by atoms with E-state index in [0.717, 1.165) is 11.1 Å². The smallest absolute Gasteiger partial charge is 0.266 e. The highest BCUT2D eigenvalue weighted by Crippen LogP contribution is 2.22. The molecule has 0 aliphatic carbocycles. The number of rotatable bonds is 12. The van der Waals surface area contributed by atoms with Gasteiger partial charge in [-0.05, 0) is 41.7 Å². The number of hydrogen-bond acceptors (Lipinski definition) is 5. The Bertz CT molecular complexity index is 1200. The van der Waals surface area contributed by atoms with Crippen molar-refractivity contribution in [3.8, 4) is 5.75 Å². The molecule has 11 nitrogen and oxygen atoms in total. The lowest BCUT2D eigenvalue weighted by atomic mass is 9.98. The van der Waals surface area contributed by atoms with Crippen LogP contribution >= 0.6 is 0 Å². The van der Waals surface area contributed by atoms with Crippen LogP contribution in [-0.4, -0.2) is 40.5 Å². The zero-order valence-electron chi connectivity index (χ0n) is 20.6. The quantitative estimate of drug-likeness (QED) is 0.0804. The number of nitrogens with two attached hydrogens (primary N) is 1. The number of carbonyl (C=O) groups excluding carboxylic acids is 2. The number of nitro groups is 1. The molecular weight excluding hydrogens is 488 g/mol. The van der Waals surface area contributed by atoms with Crippen molar-refractivity contribution >= 4 is 17.8 Å². The zero-order chi connectivity index (χ0) is 27.3. The summed E-state index contributed by atoms with van der Waals surface area (Å²) in [6, 6.07) is 23.9. The summed E-state index contributed by atoms with van der Waals surface area (Å²) >= 11 is 0. The maximum Gasteiger partial charge on any atom is 0.266 e. The summed E-state index contributed by atoms with van der Waals surface area (Å²) in [6.07, 6.45) is 0.626. The minimum atomic E-state index is -0.907. The van der Waals surface area contributed by atoms with Gasteiger partial charge in [0.05, 0.1) is 12.5 Å². The SMILES string of the molecule is NC(=N[N+](=O)[O-])NCCC[C@@H](NC(=O)Cc1ccc(O)cc1)C(=O)NC(c1ccccc1)c1ccccc1. The van der Waals surface area contributed by atoms with Crippen LogP contribution in [0.1, 0.15) is 35.6 Å². The van der Waals surface area contributed by atoms with Gasteiger partial charge in [-0.1, -0.05) is 72.8 Å². The van der Waals surface area contributed by atoms with Crippen molar-refractivity contribution in [1.29, 1.82) is 0 Å². The van der Waals surface area contributed by atoms with E-state index in [1.807, 2.05) is 60.7 Å². The summed E-state index contributed by atoms with van der Waals surface area (Å²) in [4.78, 5) is 36.8. The van der Waals surface area contributed by atoms with Crippen molar-refractivity contribution in [1.82, 2.24) is 16.0 Å². The summed E-state index contributed by atoms with van der Waals surface area (Å²) in [6.45, 7) is 0.210. The second-order valence-corrected chi connectivity index (χ2v) is 8.52. The van der Waals surface area contributed by atoms with E-state index >= 15 is 0 Å². The van der Waals surface area contributed by atoms with E-state index in [-0.39, 0.29) is 42.9 Å². The largest absolute Gasteiger partial charge is 0.508 e. The van der Waals surface area contributed by atoms with Crippen LogP contribution in [0.5, 0.6) is 5.75 Å². The standard InChI is InChI=1S/C27H30N6O5/c28-27(32-33(37)38)29-17-7-12-23(30-24(35)18-19-13-15-22(34)16-14-19)26(36)31-25(20-8-3-1-4-9-20)21-10-5-2-6-11-21/h1-6,8-11,13-16,23,25,34H,7,12,17-18H2,(H,30,35)(H,31,36)(H3,28,29,32)/t23-/m1/s1. The lowest BCUT2D eigenvalue weighted by molar-refractivity contribution is -0.485. The number of carbonyl (C=O) groups is 2. The molecule has 0 aromatic heterocycles. The Hall–Kier alpha value is -4.93. The number of nitrogens with zero attached hydrogens (tertiary/aromatic N) is 2. The van der Waals surface area contributed by atoms with Crippen molar-refractivity contribution in [3.63, 3.8) is 0 Å². The third kappa shape index (κ3) is 8.94. The van der Waals surface area contributed by atoms with Crippen molar-refractivity contribution < 1.29 is 19.7 Å². The van der Waals surface area contributed by atoms with E-state index < -0.39 is 17.1 Å². The first-order valence-corrected chi connectivity index (χ1v) is 12.0. The third-order valence-corrected chi connectivity index (χ3v) is 5.67. The molecule has 0 saturated heterocycles. The Morgan fingerprint density at radius 1 is 0.921 bits per heavy atom. The molecule has 0 heterocycles. The molecule has 1 atom stereocenters. The van der Waals surface area contributed by atoms with Gasteiger partial charge in [0.1, 0.15) is 16.9 Å². The first kappa shape index (κ1) is 27.7. The molecule has 0 unspecified atom stereocenters. The van der Waals surface area contributed by atoms with Crippen LogP contribution in [0.15, 0.2) is 90.0 Å². The molecule has 0 fully saturated rings. The molecule has 3 aromatic rings. The highest BCUT2D eigenvalue weighted by Gasteiger charge is 2.25. The molecule has 0 spiro atoms. The van der Waals surface area contributed by atoms with Crippen LogP contribution in [0.3, 0.4) is 0 Å². The molecule has 2 amide bonds. The fourth-order valence-electron chi connectivity index (χ4n) is 3.85. The van der Waals surface area contributed by atoms with E-state index in [9.17, 15) is 24.8 Å². The van der Waals surface area contributed by atoms with Gasteiger partial charge in [0.15, 0.2) is 5.03 Å². The van der Waals surface area contributed by atoms with Gasteiger partial charge in [-0.3, -0.25) is 9.59 Å². The van der Waals surface area contributed by atoms with Crippen molar-refractivity contribution in [3.05, 3.63) is 112 Å². The fourth-order valence-corrected chi connectivity index (χ4v) is 3.85. The van der Waals surface area contributed by atoms with Gasteiger partial charge in [-0.2, -0.15) is 0 Å². The van der Waals surface area contributed by atoms with Crippen molar-refractivity contribution in [2.75, 3.05) is 6.54 Å². The second kappa shape index (κ2) is 14.0. The Morgan fingerprint density at radius 3 is 2.05 bits per heavy atom. The number of phenolic OH excluding ortho intramolecular Hbond substituents is 1. The number of benzene rings is 3. The summed E-state index contributed by atoms with van der Waals surface area (Å²) in [5, 5.41) is 30.5. The summed E-state index contributed by atoms with van der Waals surface area (Å²) < 4.78 is 0. The number of hydrazone groups is 1. The van der Waals surface area contributed by atoms with Crippen LogP contribution < -0.4 is 21.7 Å². The molecule has 0 aliphatic heterocycles. The maximum atomic E-state index is 13.5. The van der Waals surface area contributed by atoms with E-state index in [2.05, 4.69) is 21.1 Å². The summed E-state index contributed by atoms with van der Waals surface area (Å²) in [5.41, 5.74) is 7.89. The second-order valence-electron chi connectivity index (χ2n) is 8.52. The molecular formula is C27H30N6O5. The third-order valence-electron chi connectivity index (χ3n) is 5.67. The number of guanidine groups is 1. The zero-order valence-corrected chi connectivity index (χ0v) is 20.6. The van der Waals surface area contributed by atoms with E-state index in [1.165, 1.54) is 12.1 Å². The Kier molecular flexibility index (Phi) is 10.2. The Morgan fingerprint density at radius 2 is 1.50 bits per heavy atom.